The summed E-state index contributed by atoms with van der Waals surface area (Å²) in [6, 6.07) is 0.408. The van der Waals surface area contributed by atoms with Gasteiger partial charge in [0.2, 0.25) is 0 Å². The van der Waals surface area contributed by atoms with Crippen LogP contribution in [0.2, 0.25) is 0 Å². The number of benzene rings is 1. The lowest BCUT2D eigenvalue weighted by molar-refractivity contribution is 0.582. The van der Waals surface area contributed by atoms with E-state index in [0.717, 1.165) is 0 Å². The molecule has 0 aliphatic heterocycles. The normalized spacial score (nSPS) is 21.3. The highest BCUT2D eigenvalue weighted by Crippen LogP contribution is 2.29. The summed E-state index contributed by atoms with van der Waals surface area (Å²) in [6.45, 7) is -0.634. The van der Waals surface area contributed by atoms with Crippen molar-refractivity contribution < 1.29 is 11.0 Å². The van der Waals surface area contributed by atoms with Crippen molar-refractivity contribution >= 4 is 0 Å². The smallest absolute Gasteiger partial charge is 0.0991 e. The maximum atomic E-state index is 9.12. The fraction of sp³-hybridized carbons (Fsp3) is 0.462. The van der Waals surface area contributed by atoms with E-state index in [1.54, 1.807) is 26.8 Å². The van der Waals surface area contributed by atoms with E-state index in [0.29, 0.717) is 0 Å². The summed E-state index contributed by atoms with van der Waals surface area (Å²) in [5.74, 6) is 0. The largest absolute Gasteiger partial charge is 0.192 e. The average Bonchev–Trinajstić information content (AvgIpc) is 2.23. The van der Waals surface area contributed by atoms with E-state index in [-0.39, 0.29) is 5.56 Å². The minimum absolute atomic E-state index is 0.0681. The SMILES string of the molecule is [2H]c1c(C#N)c([2H])c(C([2H])([2H])[2H])c(C(C)(C)C)c1C([2H])([2H])[2H]. The maximum Gasteiger partial charge on any atom is 0.0991 e. The first-order valence-electron chi connectivity index (χ1n) is 8.22. The van der Waals surface area contributed by atoms with Gasteiger partial charge < -0.3 is 0 Å². The predicted octanol–water partition coefficient (Wildman–Crippen LogP) is 3.47. The first kappa shape index (κ1) is 4.06. The summed E-state index contributed by atoms with van der Waals surface area (Å²) in [7, 11) is 0. The number of hydrogen-bond donors (Lipinski definition) is 0. The van der Waals surface area contributed by atoms with Gasteiger partial charge in [0.15, 0.2) is 0 Å². The number of rotatable bonds is 0. The van der Waals surface area contributed by atoms with Gasteiger partial charge >= 0.3 is 0 Å². The molecule has 74 valence electrons. The zero-order valence-electron chi connectivity index (χ0n) is 16.4. The molecule has 0 radical (unpaired) electrons. The fourth-order valence-electron chi connectivity index (χ4n) is 1.34. The average molecular weight is 195 g/mol. The molecule has 0 amide bonds. The third-order valence-corrected chi connectivity index (χ3v) is 1.86. The maximum absolute atomic E-state index is 9.12. The zero-order valence-corrected chi connectivity index (χ0v) is 8.45. The molecular formula is C13H17N. The van der Waals surface area contributed by atoms with Crippen LogP contribution in [0.1, 0.15) is 54.0 Å². The van der Waals surface area contributed by atoms with Crippen LogP contribution in [-0.4, -0.2) is 0 Å². The Hall–Kier alpha value is -1.29. The standard InChI is InChI=1S/C13H17N/c1-9-6-11(8-14)7-10(2)12(9)13(3,4)5/h6-7H,1-5H3/i1D3,2D3,6D,7D. The van der Waals surface area contributed by atoms with Gasteiger partial charge in [-0.25, -0.2) is 0 Å². The minimum Gasteiger partial charge on any atom is -0.192 e. The van der Waals surface area contributed by atoms with Gasteiger partial charge in [0.05, 0.1) is 14.4 Å². The van der Waals surface area contributed by atoms with E-state index in [1.165, 1.54) is 0 Å². The molecule has 0 saturated carbocycles. The molecule has 0 bridgehead atoms. The second kappa shape index (κ2) is 3.46. The summed E-state index contributed by atoms with van der Waals surface area (Å²) in [5, 5.41) is 9.12. The molecule has 1 rings (SSSR count). The molecule has 0 unspecified atom stereocenters. The van der Waals surface area contributed by atoms with Crippen molar-refractivity contribution in [1.82, 2.24) is 0 Å². The molecule has 0 spiro atoms. The van der Waals surface area contributed by atoms with Gasteiger partial charge in [-0.3, -0.25) is 0 Å². The van der Waals surface area contributed by atoms with Gasteiger partial charge in [-0.05, 0) is 47.9 Å². The third kappa shape index (κ3) is 1.96. The molecule has 1 aromatic rings. The first-order valence-corrected chi connectivity index (χ1v) is 4.22. The van der Waals surface area contributed by atoms with Crippen LogP contribution in [0.4, 0.5) is 0 Å². The molecule has 0 aliphatic carbocycles. The van der Waals surface area contributed by atoms with Gasteiger partial charge in [0, 0.05) is 8.22 Å². The van der Waals surface area contributed by atoms with Crippen LogP contribution in [0.25, 0.3) is 0 Å². The van der Waals surface area contributed by atoms with E-state index in [4.69, 9.17) is 16.2 Å². The van der Waals surface area contributed by atoms with Crippen LogP contribution in [0, 0.1) is 25.0 Å². The van der Waals surface area contributed by atoms with Gasteiger partial charge in [0.25, 0.3) is 0 Å². The van der Waals surface area contributed by atoms with Crippen LogP contribution in [-0.2, 0) is 5.41 Å². The van der Waals surface area contributed by atoms with Gasteiger partial charge in [-0.2, -0.15) is 5.26 Å². The molecule has 0 aromatic heterocycles. The van der Waals surface area contributed by atoms with E-state index in [1.807, 2.05) is 0 Å². The van der Waals surface area contributed by atoms with E-state index >= 15 is 0 Å². The molecule has 14 heavy (non-hydrogen) atoms. The number of nitrogens with zero attached hydrogens (tertiary/aromatic N) is 1. The van der Waals surface area contributed by atoms with Crippen molar-refractivity contribution in [2.45, 2.75) is 39.9 Å². The fourth-order valence-corrected chi connectivity index (χ4v) is 1.34. The molecular weight excluding hydrogens is 170 g/mol. The second-order valence-electron chi connectivity index (χ2n) is 4.11. The van der Waals surface area contributed by atoms with Gasteiger partial charge in [0.1, 0.15) is 0 Å². The second-order valence-corrected chi connectivity index (χ2v) is 4.11. The molecule has 0 atom stereocenters. The topological polar surface area (TPSA) is 23.8 Å². The Bertz CT molecular complexity index is 599. The Morgan fingerprint density at radius 2 is 1.79 bits per heavy atom. The van der Waals surface area contributed by atoms with Crippen LogP contribution < -0.4 is 0 Å². The minimum atomic E-state index is -2.75. The highest BCUT2D eigenvalue weighted by molar-refractivity contribution is 5.45. The van der Waals surface area contributed by atoms with Gasteiger partial charge in [-0.15, -0.1) is 0 Å². The third-order valence-electron chi connectivity index (χ3n) is 1.86. The predicted molar refractivity (Wildman–Crippen MR) is 59.3 cm³/mol. The molecule has 1 aromatic carbocycles. The lowest BCUT2D eigenvalue weighted by Gasteiger charge is -2.24. The summed E-state index contributed by atoms with van der Waals surface area (Å²) in [4.78, 5) is 0. The van der Waals surface area contributed by atoms with Crippen LogP contribution >= 0.6 is 0 Å². The Labute approximate surface area is 97.6 Å². The molecule has 0 fully saturated rings. The van der Waals surface area contributed by atoms with Crippen LogP contribution in [0.15, 0.2) is 12.1 Å². The number of nitriles is 1. The van der Waals surface area contributed by atoms with E-state index < -0.39 is 47.9 Å². The Balaban J connectivity index is 4.23. The summed E-state index contributed by atoms with van der Waals surface area (Å²) < 4.78 is 61.8. The molecule has 0 N–H and O–H groups in total. The van der Waals surface area contributed by atoms with Gasteiger partial charge in [-0.1, -0.05) is 20.8 Å². The molecule has 0 heterocycles. The molecule has 1 nitrogen and oxygen atoms in total. The monoisotopic (exact) mass is 195 g/mol. The summed E-state index contributed by atoms with van der Waals surface area (Å²) >= 11 is 0. The first-order chi connectivity index (χ1) is 9.64. The van der Waals surface area contributed by atoms with Crippen LogP contribution in [0.5, 0.6) is 0 Å². The quantitative estimate of drug-likeness (QED) is 0.622. The summed E-state index contributed by atoms with van der Waals surface area (Å²) in [6.07, 6.45) is 0. The highest BCUT2D eigenvalue weighted by atomic mass is 14.3. The number of hydrogen-bond acceptors (Lipinski definition) is 1. The zero-order chi connectivity index (χ0) is 17.7. The van der Waals surface area contributed by atoms with Crippen molar-refractivity contribution in [2.75, 3.05) is 0 Å². The van der Waals surface area contributed by atoms with Crippen molar-refractivity contribution in [3.05, 3.63) is 34.3 Å². The van der Waals surface area contributed by atoms with Crippen LogP contribution in [0.3, 0.4) is 0 Å². The van der Waals surface area contributed by atoms with Crippen molar-refractivity contribution in [1.29, 1.82) is 5.26 Å². The van der Waals surface area contributed by atoms with Crippen molar-refractivity contribution in [3.63, 3.8) is 0 Å². The van der Waals surface area contributed by atoms with Crippen molar-refractivity contribution in [3.8, 4) is 6.07 Å². The molecule has 1 heteroatoms. The van der Waals surface area contributed by atoms with E-state index in [2.05, 4.69) is 0 Å². The highest BCUT2D eigenvalue weighted by Gasteiger charge is 2.18. The lowest BCUT2D eigenvalue weighted by atomic mass is 9.80. The lowest BCUT2D eigenvalue weighted by Crippen LogP contribution is -2.15. The summed E-state index contributed by atoms with van der Waals surface area (Å²) in [5.41, 5.74) is -2.42. The Morgan fingerprint density at radius 1 is 1.29 bits per heavy atom. The Kier molecular flexibility index (Phi) is 1.00. The van der Waals surface area contributed by atoms with E-state index in [9.17, 15) is 0 Å². The molecule has 0 aliphatic rings. The Morgan fingerprint density at radius 3 is 2.07 bits per heavy atom. The van der Waals surface area contributed by atoms with Crippen molar-refractivity contribution in [2.24, 2.45) is 0 Å². The molecule has 0 saturated heterocycles.